The van der Waals surface area contributed by atoms with Crippen molar-refractivity contribution in [2.24, 2.45) is 5.73 Å². The van der Waals surface area contributed by atoms with Gasteiger partial charge in [0.15, 0.2) is 0 Å². The molecule has 2 nitrogen and oxygen atoms in total. The van der Waals surface area contributed by atoms with Crippen LogP contribution < -0.4 is 5.73 Å². The third-order valence-corrected chi connectivity index (χ3v) is 2.17. The summed E-state index contributed by atoms with van der Waals surface area (Å²) in [5, 5.41) is 0. The van der Waals surface area contributed by atoms with Crippen molar-refractivity contribution < 1.29 is 4.79 Å². The fourth-order valence-corrected chi connectivity index (χ4v) is 1.38. The Bertz CT molecular complexity index is 258. The van der Waals surface area contributed by atoms with Gasteiger partial charge in [0.1, 0.15) is 6.29 Å². The molecule has 70 valence electrons. The first kappa shape index (κ1) is 9.93. The van der Waals surface area contributed by atoms with E-state index >= 15 is 0 Å². The maximum Gasteiger partial charge on any atom is 0.136 e. The largest absolute Gasteiger partial charge is 0.322 e. The minimum absolute atomic E-state index is 0.338. The van der Waals surface area contributed by atoms with Gasteiger partial charge in [0.2, 0.25) is 0 Å². The summed E-state index contributed by atoms with van der Waals surface area (Å²) < 4.78 is 0. The first-order valence-electron chi connectivity index (χ1n) is 4.50. The van der Waals surface area contributed by atoms with Gasteiger partial charge in [-0.05, 0) is 17.9 Å². The minimum atomic E-state index is -0.338. The second-order valence-corrected chi connectivity index (χ2v) is 3.35. The summed E-state index contributed by atoms with van der Waals surface area (Å²) >= 11 is 0. The highest BCUT2D eigenvalue weighted by Gasteiger charge is 2.09. The smallest absolute Gasteiger partial charge is 0.136 e. The molecule has 0 spiro atoms. The van der Waals surface area contributed by atoms with E-state index in [0.29, 0.717) is 12.3 Å². The fraction of sp³-hybridized carbons (Fsp3) is 0.364. The van der Waals surface area contributed by atoms with E-state index in [0.717, 1.165) is 6.29 Å². The van der Waals surface area contributed by atoms with Gasteiger partial charge in [-0.3, -0.25) is 0 Å². The molecule has 1 rings (SSSR count). The third kappa shape index (κ3) is 2.99. The number of aldehydes is 1. The Balaban J connectivity index is 2.58. The van der Waals surface area contributed by atoms with Crippen molar-refractivity contribution >= 4 is 6.29 Å². The van der Waals surface area contributed by atoms with Crippen molar-refractivity contribution in [3.63, 3.8) is 0 Å². The number of rotatable bonds is 4. The molecule has 0 radical (unpaired) electrons. The van der Waals surface area contributed by atoms with E-state index in [-0.39, 0.29) is 6.04 Å². The Kier molecular flexibility index (Phi) is 3.65. The van der Waals surface area contributed by atoms with E-state index in [4.69, 9.17) is 5.73 Å². The highest BCUT2D eigenvalue weighted by atomic mass is 16.1. The van der Waals surface area contributed by atoms with Crippen molar-refractivity contribution in [1.82, 2.24) is 0 Å². The van der Waals surface area contributed by atoms with E-state index in [9.17, 15) is 4.79 Å². The highest BCUT2D eigenvalue weighted by molar-refractivity contribution is 5.57. The predicted molar refractivity (Wildman–Crippen MR) is 53.5 cm³/mol. The summed E-state index contributed by atoms with van der Waals surface area (Å²) in [5.41, 5.74) is 6.78. The summed E-state index contributed by atoms with van der Waals surface area (Å²) in [4.78, 5) is 10.3. The monoisotopic (exact) mass is 177 g/mol. The molecule has 1 aromatic carbocycles. The average molecular weight is 177 g/mol. The maximum atomic E-state index is 10.3. The van der Waals surface area contributed by atoms with Gasteiger partial charge in [0.25, 0.3) is 0 Å². The molecule has 2 heteroatoms. The molecule has 2 atom stereocenters. The second kappa shape index (κ2) is 4.77. The van der Waals surface area contributed by atoms with E-state index in [1.54, 1.807) is 0 Å². The molecule has 2 N–H and O–H groups in total. The third-order valence-electron chi connectivity index (χ3n) is 2.17. The number of carbonyl (C=O) groups excluding carboxylic acids is 1. The van der Waals surface area contributed by atoms with E-state index in [1.807, 2.05) is 18.2 Å². The standard InChI is InChI=1S/C11H15NO/c1-9(7-11(12)8-13)10-5-3-2-4-6-10/h2-6,8-9,11H,7,12H2,1H3/t9?,11-/m0/s1. The Labute approximate surface area is 78.8 Å². The highest BCUT2D eigenvalue weighted by Crippen LogP contribution is 2.18. The van der Waals surface area contributed by atoms with Crippen molar-refractivity contribution in [3.8, 4) is 0 Å². The quantitative estimate of drug-likeness (QED) is 0.711. The molecule has 0 aromatic heterocycles. The van der Waals surface area contributed by atoms with Crippen molar-refractivity contribution in [2.75, 3.05) is 0 Å². The van der Waals surface area contributed by atoms with Gasteiger partial charge in [-0.15, -0.1) is 0 Å². The van der Waals surface area contributed by atoms with Gasteiger partial charge >= 0.3 is 0 Å². The molecule has 0 heterocycles. The van der Waals surface area contributed by atoms with Crippen molar-refractivity contribution in [3.05, 3.63) is 35.9 Å². The lowest BCUT2D eigenvalue weighted by Gasteiger charge is -2.12. The van der Waals surface area contributed by atoms with Crippen molar-refractivity contribution in [1.29, 1.82) is 0 Å². The fourth-order valence-electron chi connectivity index (χ4n) is 1.38. The Hall–Kier alpha value is -1.15. The van der Waals surface area contributed by atoms with Gasteiger partial charge in [-0.2, -0.15) is 0 Å². The zero-order valence-corrected chi connectivity index (χ0v) is 7.81. The molecular weight excluding hydrogens is 162 g/mol. The molecule has 1 unspecified atom stereocenters. The topological polar surface area (TPSA) is 43.1 Å². The Morgan fingerprint density at radius 3 is 2.54 bits per heavy atom. The zero-order valence-electron chi connectivity index (χ0n) is 7.81. The molecule has 0 saturated carbocycles. The maximum absolute atomic E-state index is 10.3. The summed E-state index contributed by atoms with van der Waals surface area (Å²) in [6.45, 7) is 2.08. The van der Waals surface area contributed by atoms with Crippen LogP contribution in [0.15, 0.2) is 30.3 Å². The van der Waals surface area contributed by atoms with Crippen LogP contribution in [0.1, 0.15) is 24.8 Å². The van der Waals surface area contributed by atoms with Gasteiger partial charge in [-0.1, -0.05) is 37.3 Å². The van der Waals surface area contributed by atoms with Crippen LogP contribution in [-0.4, -0.2) is 12.3 Å². The van der Waals surface area contributed by atoms with Crippen LogP contribution in [0.2, 0.25) is 0 Å². The van der Waals surface area contributed by atoms with E-state index in [2.05, 4.69) is 19.1 Å². The molecule has 0 amide bonds. The lowest BCUT2D eigenvalue weighted by Crippen LogP contribution is -2.23. The van der Waals surface area contributed by atoms with Gasteiger partial charge in [0.05, 0.1) is 6.04 Å². The molecule has 13 heavy (non-hydrogen) atoms. The first-order chi connectivity index (χ1) is 6.24. The Morgan fingerprint density at radius 2 is 2.00 bits per heavy atom. The lowest BCUT2D eigenvalue weighted by molar-refractivity contribution is -0.109. The van der Waals surface area contributed by atoms with Crippen LogP contribution in [0.25, 0.3) is 0 Å². The van der Waals surface area contributed by atoms with Crippen LogP contribution in [0.4, 0.5) is 0 Å². The molecule has 0 aliphatic heterocycles. The van der Waals surface area contributed by atoms with Crippen LogP contribution in [0.3, 0.4) is 0 Å². The normalized spacial score (nSPS) is 14.9. The second-order valence-electron chi connectivity index (χ2n) is 3.35. The van der Waals surface area contributed by atoms with Crippen molar-refractivity contribution in [2.45, 2.75) is 25.3 Å². The summed E-state index contributed by atoms with van der Waals surface area (Å²) in [6, 6.07) is 9.76. The summed E-state index contributed by atoms with van der Waals surface area (Å²) in [6.07, 6.45) is 1.52. The van der Waals surface area contributed by atoms with Crippen LogP contribution in [-0.2, 0) is 4.79 Å². The number of nitrogens with two attached hydrogens (primary N) is 1. The first-order valence-corrected chi connectivity index (χ1v) is 4.50. The lowest BCUT2D eigenvalue weighted by atomic mass is 9.95. The molecular formula is C11H15NO. The number of carbonyl (C=O) groups is 1. The van der Waals surface area contributed by atoms with Crippen LogP contribution in [0, 0.1) is 0 Å². The van der Waals surface area contributed by atoms with Gasteiger partial charge in [-0.25, -0.2) is 0 Å². The van der Waals surface area contributed by atoms with E-state index < -0.39 is 0 Å². The average Bonchev–Trinajstić information content (AvgIpc) is 2.19. The molecule has 0 fully saturated rings. The van der Waals surface area contributed by atoms with Crippen LogP contribution >= 0.6 is 0 Å². The summed E-state index contributed by atoms with van der Waals surface area (Å²) in [7, 11) is 0. The number of hydrogen-bond acceptors (Lipinski definition) is 2. The van der Waals surface area contributed by atoms with Gasteiger partial charge in [0, 0.05) is 0 Å². The molecule has 0 saturated heterocycles. The summed E-state index contributed by atoms with van der Waals surface area (Å²) in [5.74, 6) is 0.349. The SMILES string of the molecule is CC(C[C@H](N)C=O)c1ccccc1. The predicted octanol–water partition coefficient (Wildman–Crippen LogP) is 1.71. The van der Waals surface area contributed by atoms with Crippen LogP contribution in [0.5, 0.6) is 0 Å². The molecule has 0 aliphatic carbocycles. The molecule has 1 aromatic rings. The Morgan fingerprint density at radius 1 is 1.38 bits per heavy atom. The molecule has 0 bridgehead atoms. The van der Waals surface area contributed by atoms with Gasteiger partial charge < -0.3 is 10.5 Å². The molecule has 0 aliphatic rings. The minimum Gasteiger partial charge on any atom is -0.322 e. The zero-order chi connectivity index (χ0) is 9.68. The van der Waals surface area contributed by atoms with E-state index in [1.165, 1.54) is 5.56 Å². The number of hydrogen-bond donors (Lipinski definition) is 1. The number of benzene rings is 1.